The molecule has 0 fully saturated rings. The third-order valence-corrected chi connectivity index (χ3v) is 4.17. The van der Waals surface area contributed by atoms with Crippen LogP contribution in [-0.2, 0) is 0 Å². The standard InChI is InChI=1S/C17H17BrFNO3/c1-4-20(13-7-5-12(19)6-8-13)17(21)11-9-14(22-2)16(18)15(10-11)23-3/h5-10H,4H2,1-3H3. The lowest BCUT2D eigenvalue weighted by Gasteiger charge is -2.22. The molecule has 122 valence electrons. The Morgan fingerprint density at radius 1 is 1.13 bits per heavy atom. The highest BCUT2D eigenvalue weighted by Gasteiger charge is 2.20. The molecule has 0 radical (unpaired) electrons. The molecule has 0 aromatic heterocycles. The van der Waals surface area contributed by atoms with Gasteiger partial charge in [0.25, 0.3) is 5.91 Å². The zero-order chi connectivity index (χ0) is 17.0. The molecule has 0 N–H and O–H groups in total. The Labute approximate surface area is 142 Å². The average molecular weight is 382 g/mol. The fourth-order valence-corrected chi connectivity index (χ4v) is 2.77. The molecular formula is C17H17BrFNO3. The van der Waals surface area contributed by atoms with Gasteiger partial charge in [-0.1, -0.05) is 0 Å². The monoisotopic (exact) mass is 381 g/mol. The maximum atomic E-state index is 13.1. The van der Waals surface area contributed by atoms with Crippen LogP contribution in [0.25, 0.3) is 0 Å². The molecule has 0 saturated heterocycles. The molecule has 0 saturated carbocycles. The summed E-state index contributed by atoms with van der Waals surface area (Å²) in [5, 5.41) is 0. The number of carbonyl (C=O) groups is 1. The average Bonchev–Trinajstić information content (AvgIpc) is 2.57. The summed E-state index contributed by atoms with van der Waals surface area (Å²) >= 11 is 3.38. The van der Waals surface area contributed by atoms with Gasteiger partial charge in [0.15, 0.2) is 0 Å². The molecule has 0 aliphatic carbocycles. The maximum absolute atomic E-state index is 13.1. The van der Waals surface area contributed by atoms with Crippen LogP contribution < -0.4 is 14.4 Å². The minimum Gasteiger partial charge on any atom is -0.495 e. The van der Waals surface area contributed by atoms with Gasteiger partial charge in [-0.2, -0.15) is 0 Å². The summed E-state index contributed by atoms with van der Waals surface area (Å²) < 4.78 is 24.3. The van der Waals surface area contributed by atoms with Crippen LogP contribution >= 0.6 is 15.9 Å². The Balaban J connectivity index is 2.43. The lowest BCUT2D eigenvalue weighted by molar-refractivity contribution is 0.0987. The predicted molar refractivity (Wildman–Crippen MR) is 91.0 cm³/mol. The van der Waals surface area contributed by atoms with Crippen molar-refractivity contribution in [2.45, 2.75) is 6.92 Å². The highest BCUT2D eigenvalue weighted by Crippen LogP contribution is 2.36. The van der Waals surface area contributed by atoms with Crippen molar-refractivity contribution in [1.29, 1.82) is 0 Å². The number of nitrogens with zero attached hydrogens (tertiary/aromatic N) is 1. The third kappa shape index (κ3) is 3.64. The molecule has 2 aromatic carbocycles. The quantitative estimate of drug-likeness (QED) is 0.775. The molecule has 0 heterocycles. The number of hydrogen-bond donors (Lipinski definition) is 0. The molecule has 4 nitrogen and oxygen atoms in total. The van der Waals surface area contributed by atoms with Crippen molar-refractivity contribution >= 4 is 27.5 Å². The fourth-order valence-electron chi connectivity index (χ4n) is 2.21. The van der Waals surface area contributed by atoms with Gasteiger partial charge in [0, 0.05) is 17.8 Å². The van der Waals surface area contributed by atoms with Crippen molar-refractivity contribution in [1.82, 2.24) is 0 Å². The molecule has 2 rings (SSSR count). The topological polar surface area (TPSA) is 38.8 Å². The van der Waals surface area contributed by atoms with Gasteiger partial charge in [-0.05, 0) is 59.3 Å². The Morgan fingerprint density at radius 2 is 1.65 bits per heavy atom. The van der Waals surface area contributed by atoms with Gasteiger partial charge in [0.1, 0.15) is 21.8 Å². The second kappa shape index (κ2) is 7.46. The maximum Gasteiger partial charge on any atom is 0.258 e. The Hall–Kier alpha value is -2.08. The molecule has 6 heteroatoms. The van der Waals surface area contributed by atoms with E-state index in [9.17, 15) is 9.18 Å². The van der Waals surface area contributed by atoms with Gasteiger partial charge in [-0.25, -0.2) is 4.39 Å². The number of ether oxygens (including phenoxy) is 2. The lowest BCUT2D eigenvalue weighted by Crippen LogP contribution is -2.30. The second-order valence-corrected chi connectivity index (χ2v) is 5.51. The van der Waals surface area contributed by atoms with Gasteiger partial charge in [0.05, 0.1) is 14.2 Å². The van der Waals surface area contributed by atoms with Gasteiger partial charge in [-0.3, -0.25) is 4.79 Å². The molecular weight excluding hydrogens is 365 g/mol. The first-order chi connectivity index (χ1) is 11.0. The molecule has 0 bridgehead atoms. The van der Waals surface area contributed by atoms with E-state index in [0.29, 0.717) is 33.8 Å². The number of anilines is 1. The van der Waals surface area contributed by atoms with E-state index >= 15 is 0 Å². The smallest absolute Gasteiger partial charge is 0.258 e. The second-order valence-electron chi connectivity index (χ2n) is 4.72. The van der Waals surface area contributed by atoms with Gasteiger partial charge in [0.2, 0.25) is 0 Å². The summed E-state index contributed by atoms with van der Waals surface area (Å²) in [4.78, 5) is 14.4. The highest BCUT2D eigenvalue weighted by molar-refractivity contribution is 9.10. The van der Waals surface area contributed by atoms with Gasteiger partial charge < -0.3 is 14.4 Å². The Kier molecular flexibility index (Phi) is 5.60. The Morgan fingerprint density at radius 3 is 2.09 bits per heavy atom. The minimum atomic E-state index is -0.343. The summed E-state index contributed by atoms with van der Waals surface area (Å²) in [5.74, 6) is 0.443. The van der Waals surface area contributed by atoms with Crippen LogP contribution in [0.2, 0.25) is 0 Å². The van der Waals surface area contributed by atoms with Crippen molar-refractivity contribution in [3.8, 4) is 11.5 Å². The van der Waals surface area contributed by atoms with Crippen LogP contribution in [0.5, 0.6) is 11.5 Å². The summed E-state index contributed by atoms with van der Waals surface area (Å²) in [5.41, 5.74) is 1.05. The number of rotatable bonds is 5. The van der Waals surface area contributed by atoms with Crippen LogP contribution in [0.4, 0.5) is 10.1 Å². The van der Waals surface area contributed by atoms with Crippen molar-refractivity contribution in [3.05, 3.63) is 52.3 Å². The van der Waals surface area contributed by atoms with E-state index in [1.807, 2.05) is 6.92 Å². The summed E-state index contributed by atoms with van der Waals surface area (Å²) in [6, 6.07) is 9.08. The van der Waals surface area contributed by atoms with Crippen molar-refractivity contribution < 1.29 is 18.7 Å². The molecule has 2 aromatic rings. The van der Waals surface area contributed by atoms with E-state index in [4.69, 9.17) is 9.47 Å². The number of amides is 1. The van der Waals surface area contributed by atoms with Gasteiger partial charge >= 0.3 is 0 Å². The van der Waals surface area contributed by atoms with Crippen LogP contribution in [-0.4, -0.2) is 26.7 Å². The van der Waals surface area contributed by atoms with E-state index in [1.165, 1.54) is 26.4 Å². The van der Waals surface area contributed by atoms with Crippen LogP contribution in [0.15, 0.2) is 40.9 Å². The largest absolute Gasteiger partial charge is 0.495 e. The number of benzene rings is 2. The van der Waals surface area contributed by atoms with E-state index in [-0.39, 0.29) is 11.7 Å². The summed E-state index contributed by atoms with van der Waals surface area (Å²) in [7, 11) is 3.04. The molecule has 23 heavy (non-hydrogen) atoms. The van der Waals surface area contributed by atoms with Crippen molar-refractivity contribution in [2.75, 3.05) is 25.7 Å². The fraction of sp³-hybridized carbons (Fsp3) is 0.235. The van der Waals surface area contributed by atoms with Crippen molar-refractivity contribution in [3.63, 3.8) is 0 Å². The first kappa shape index (κ1) is 17.3. The van der Waals surface area contributed by atoms with E-state index in [0.717, 1.165) is 0 Å². The first-order valence-electron chi connectivity index (χ1n) is 7.00. The van der Waals surface area contributed by atoms with Crippen LogP contribution in [0, 0.1) is 5.82 Å². The van der Waals surface area contributed by atoms with Crippen LogP contribution in [0.3, 0.4) is 0 Å². The number of halogens is 2. The molecule has 0 aliphatic rings. The number of methoxy groups -OCH3 is 2. The summed E-state index contributed by atoms with van der Waals surface area (Å²) in [6.07, 6.45) is 0. The SMILES string of the molecule is CCN(C(=O)c1cc(OC)c(Br)c(OC)c1)c1ccc(F)cc1. The Bertz CT molecular complexity index is 678. The zero-order valence-electron chi connectivity index (χ0n) is 13.1. The number of carbonyl (C=O) groups excluding carboxylic acids is 1. The normalized spacial score (nSPS) is 10.3. The molecule has 0 atom stereocenters. The first-order valence-corrected chi connectivity index (χ1v) is 7.80. The lowest BCUT2D eigenvalue weighted by atomic mass is 10.1. The molecule has 0 unspecified atom stereocenters. The molecule has 0 spiro atoms. The highest BCUT2D eigenvalue weighted by atomic mass is 79.9. The van der Waals surface area contributed by atoms with E-state index < -0.39 is 0 Å². The minimum absolute atomic E-state index is 0.219. The van der Waals surface area contributed by atoms with E-state index in [1.54, 1.807) is 29.2 Å². The number of hydrogen-bond acceptors (Lipinski definition) is 3. The third-order valence-electron chi connectivity index (χ3n) is 3.39. The van der Waals surface area contributed by atoms with Crippen molar-refractivity contribution in [2.24, 2.45) is 0 Å². The van der Waals surface area contributed by atoms with E-state index in [2.05, 4.69) is 15.9 Å². The summed E-state index contributed by atoms with van der Waals surface area (Å²) in [6.45, 7) is 2.31. The van der Waals surface area contributed by atoms with Gasteiger partial charge in [-0.15, -0.1) is 0 Å². The zero-order valence-corrected chi connectivity index (χ0v) is 14.7. The molecule has 1 amide bonds. The molecule has 0 aliphatic heterocycles. The van der Waals surface area contributed by atoms with Crippen LogP contribution in [0.1, 0.15) is 17.3 Å². The predicted octanol–water partition coefficient (Wildman–Crippen LogP) is 4.27.